The first kappa shape index (κ1) is 19.0. The molecular formula is C23H17Br2N3. The Balaban J connectivity index is 1.92. The standard InChI is InChI=1S/C23H17Br2N3/c24-14-16-9-17(15-25)11-18(10-16)19-12-22(20-5-1-3-7-26-20)28-23(13-19)21-6-2-4-8-27-21/h1-13H,14-15H2. The van der Waals surface area contributed by atoms with E-state index in [1.165, 1.54) is 11.1 Å². The molecule has 3 aromatic heterocycles. The van der Waals surface area contributed by atoms with E-state index in [1.807, 2.05) is 36.4 Å². The van der Waals surface area contributed by atoms with Crippen molar-refractivity contribution in [2.75, 3.05) is 0 Å². The second-order valence-corrected chi connectivity index (χ2v) is 7.48. The Morgan fingerprint density at radius 1 is 0.571 bits per heavy atom. The average Bonchev–Trinajstić information content (AvgIpc) is 2.79. The van der Waals surface area contributed by atoms with Crippen LogP contribution in [0.15, 0.2) is 79.1 Å². The first-order chi connectivity index (χ1) is 13.8. The van der Waals surface area contributed by atoms with Gasteiger partial charge >= 0.3 is 0 Å². The average molecular weight is 495 g/mol. The van der Waals surface area contributed by atoms with Gasteiger partial charge in [0.25, 0.3) is 0 Å². The van der Waals surface area contributed by atoms with Crippen LogP contribution in [0.3, 0.4) is 0 Å². The maximum absolute atomic E-state index is 4.84. The van der Waals surface area contributed by atoms with E-state index in [-0.39, 0.29) is 0 Å². The number of hydrogen-bond donors (Lipinski definition) is 0. The summed E-state index contributed by atoms with van der Waals surface area (Å²) in [4.78, 5) is 13.8. The predicted molar refractivity (Wildman–Crippen MR) is 121 cm³/mol. The van der Waals surface area contributed by atoms with Crippen molar-refractivity contribution in [3.8, 4) is 33.9 Å². The normalized spacial score (nSPS) is 10.8. The van der Waals surface area contributed by atoms with E-state index in [2.05, 4.69) is 72.2 Å². The number of rotatable bonds is 5. The Morgan fingerprint density at radius 2 is 1.07 bits per heavy atom. The maximum Gasteiger partial charge on any atom is 0.0900 e. The fourth-order valence-electron chi connectivity index (χ4n) is 3.07. The number of pyridine rings is 3. The maximum atomic E-state index is 4.84. The van der Waals surface area contributed by atoms with Gasteiger partial charge in [-0.3, -0.25) is 9.97 Å². The molecule has 0 bridgehead atoms. The van der Waals surface area contributed by atoms with Crippen LogP contribution in [0.5, 0.6) is 0 Å². The Morgan fingerprint density at radius 3 is 1.50 bits per heavy atom. The molecule has 5 heteroatoms. The van der Waals surface area contributed by atoms with Gasteiger partial charge in [0.15, 0.2) is 0 Å². The molecule has 0 saturated carbocycles. The third-order valence-corrected chi connectivity index (χ3v) is 5.67. The predicted octanol–water partition coefficient (Wildman–Crippen LogP) is 6.66. The number of aromatic nitrogens is 3. The molecule has 3 nitrogen and oxygen atoms in total. The lowest BCUT2D eigenvalue weighted by atomic mass is 9.99. The van der Waals surface area contributed by atoms with E-state index in [9.17, 15) is 0 Å². The van der Waals surface area contributed by atoms with Crippen LogP contribution >= 0.6 is 31.9 Å². The van der Waals surface area contributed by atoms with Crippen molar-refractivity contribution in [1.29, 1.82) is 0 Å². The van der Waals surface area contributed by atoms with Crippen LogP contribution in [0.1, 0.15) is 11.1 Å². The summed E-state index contributed by atoms with van der Waals surface area (Å²) in [6.45, 7) is 0. The zero-order valence-corrected chi connectivity index (χ0v) is 18.2. The van der Waals surface area contributed by atoms with Crippen molar-refractivity contribution >= 4 is 31.9 Å². The van der Waals surface area contributed by atoms with Crippen LogP contribution < -0.4 is 0 Å². The largest absolute Gasteiger partial charge is 0.255 e. The van der Waals surface area contributed by atoms with Gasteiger partial charge in [0.05, 0.1) is 22.8 Å². The summed E-state index contributed by atoms with van der Waals surface area (Å²) in [5.41, 5.74) is 8.10. The summed E-state index contributed by atoms with van der Waals surface area (Å²) in [5.74, 6) is 0. The van der Waals surface area contributed by atoms with Gasteiger partial charge in [-0.1, -0.05) is 62.2 Å². The fraction of sp³-hybridized carbons (Fsp3) is 0.0870. The molecule has 4 aromatic rings. The minimum Gasteiger partial charge on any atom is -0.255 e. The number of halogens is 2. The van der Waals surface area contributed by atoms with Gasteiger partial charge in [-0.25, -0.2) is 4.98 Å². The molecule has 0 radical (unpaired) electrons. The molecule has 28 heavy (non-hydrogen) atoms. The van der Waals surface area contributed by atoms with Crippen molar-refractivity contribution < 1.29 is 0 Å². The van der Waals surface area contributed by atoms with Crippen LogP contribution in [-0.2, 0) is 10.7 Å². The molecule has 1 aromatic carbocycles. The van der Waals surface area contributed by atoms with E-state index in [4.69, 9.17) is 4.98 Å². The van der Waals surface area contributed by atoms with Gasteiger partial charge in [-0.15, -0.1) is 0 Å². The molecule has 0 N–H and O–H groups in total. The fourth-order valence-corrected chi connectivity index (χ4v) is 3.72. The van der Waals surface area contributed by atoms with E-state index >= 15 is 0 Å². The Labute approximate surface area is 181 Å². The first-order valence-electron chi connectivity index (χ1n) is 8.87. The van der Waals surface area contributed by atoms with Crippen molar-refractivity contribution in [1.82, 2.24) is 15.0 Å². The summed E-state index contributed by atoms with van der Waals surface area (Å²) in [6, 6.07) is 22.6. The molecule has 0 amide bonds. The van der Waals surface area contributed by atoms with E-state index < -0.39 is 0 Å². The highest BCUT2D eigenvalue weighted by Gasteiger charge is 2.11. The lowest BCUT2D eigenvalue weighted by Gasteiger charge is -2.11. The number of nitrogens with zero attached hydrogens (tertiary/aromatic N) is 3. The molecule has 0 aliphatic heterocycles. The van der Waals surface area contributed by atoms with Crippen molar-refractivity contribution in [2.45, 2.75) is 10.7 Å². The Bertz CT molecular complexity index is 1000. The van der Waals surface area contributed by atoms with Crippen LogP contribution in [-0.4, -0.2) is 15.0 Å². The molecule has 0 aliphatic rings. The lowest BCUT2D eigenvalue weighted by molar-refractivity contribution is 1.22. The highest BCUT2D eigenvalue weighted by atomic mass is 79.9. The molecule has 3 heterocycles. The first-order valence-corrected chi connectivity index (χ1v) is 11.1. The van der Waals surface area contributed by atoms with Gasteiger partial charge in [0.1, 0.15) is 0 Å². The molecule has 0 fully saturated rings. The zero-order chi connectivity index (χ0) is 19.3. The van der Waals surface area contributed by atoms with E-state index in [0.717, 1.165) is 44.6 Å². The smallest absolute Gasteiger partial charge is 0.0900 e. The molecule has 4 rings (SSSR count). The molecular weight excluding hydrogens is 478 g/mol. The molecule has 0 atom stereocenters. The molecule has 0 unspecified atom stereocenters. The molecule has 0 aliphatic carbocycles. The third kappa shape index (κ3) is 4.21. The van der Waals surface area contributed by atoms with E-state index in [1.54, 1.807) is 12.4 Å². The highest BCUT2D eigenvalue weighted by Crippen LogP contribution is 2.30. The van der Waals surface area contributed by atoms with E-state index in [0.29, 0.717) is 0 Å². The lowest BCUT2D eigenvalue weighted by Crippen LogP contribution is -1.94. The topological polar surface area (TPSA) is 38.7 Å². The van der Waals surface area contributed by atoms with Crippen molar-refractivity contribution in [3.63, 3.8) is 0 Å². The van der Waals surface area contributed by atoms with Crippen LogP contribution in [0.4, 0.5) is 0 Å². The SMILES string of the molecule is BrCc1cc(CBr)cc(-c2cc(-c3ccccn3)nc(-c3ccccn3)c2)c1. The second kappa shape index (κ2) is 8.76. The van der Waals surface area contributed by atoms with Gasteiger partial charge in [0.2, 0.25) is 0 Å². The van der Waals surface area contributed by atoms with Crippen LogP contribution in [0.2, 0.25) is 0 Å². The monoisotopic (exact) mass is 493 g/mol. The number of benzene rings is 1. The summed E-state index contributed by atoms with van der Waals surface area (Å²) in [6.07, 6.45) is 3.58. The molecule has 0 saturated heterocycles. The minimum atomic E-state index is 0.812. The third-order valence-electron chi connectivity index (χ3n) is 4.37. The number of alkyl halides is 2. The van der Waals surface area contributed by atoms with Gasteiger partial charge < -0.3 is 0 Å². The molecule has 138 valence electrons. The quantitative estimate of drug-likeness (QED) is 0.291. The highest BCUT2D eigenvalue weighted by molar-refractivity contribution is 9.08. The van der Waals surface area contributed by atoms with Crippen molar-refractivity contribution in [3.05, 3.63) is 90.3 Å². The minimum absolute atomic E-state index is 0.812. The second-order valence-electron chi connectivity index (χ2n) is 6.36. The molecule has 0 spiro atoms. The Hall–Kier alpha value is -2.37. The summed E-state index contributed by atoms with van der Waals surface area (Å²) >= 11 is 7.16. The number of hydrogen-bond acceptors (Lipinski definition) is 3. The van der Waals surface area contributed by atoms with Gasteiger partial charge in [0, 0.05) is 23.1 Å². The summed E-state index contributed by atoms with van der Waals surface area (Å²) in [7, 11) is 0. The summed E-state index contributed by atoms with van der Waals surface area (Å²) in [5, 5.41) is 1.62. The Kier molecular flexibility index (Phi) is 5.93. The van der Waals surface area contributed by atoms with Gasteiger partial charge in [-0.05, 0) is 58.7 Å². The van der Waals surface area contributed by atoms with Crippen molar-refractivity contribution in [2.24, 2.45) is 0 Å². The van der Waals surface area contributed by atoms with Crippen LogP contribution in [0.25, 0.3) is 33.9 Å². The zero-order valence-electron chi connectivity index (χ0n) is 15.0. The summed E-state index contributed by atoms with van der Waals surface area (Å²) < 4.78 is 0. The van der Waals surface area contributed by atoms with Gasteiger partial charge in [-0.2, -0.15) is 0 Å². The van der Waals surface area contributed by atoms with Crippen LogP contribution in [0, 0.1) is 0 Å².